The van der Waals surface area contributed by atoms with Gasteiger partial charge in [-0.05, 0) is 60.4 Å². The number of rotatable bonds is 4. The maximum atomic E-state index is 13.4. The summed E-state index contributed by atoms with van der Waals surface area (Å²) in [6, 6.07) is 22.6. The lowest BCUT2D eigenvalue weighted by molar-refractivity contribution is -0.115. The van der Waals surface area contributed by atoms with E-state index in [-0.39, 0.29) is 17.4 Å². The van der Waals surface area contributed by atoms with E-state index in [1.54, 1.807) is 24.3 Å². The van der Waals surface area contributed by atoms with Crippen LogP contribution in [0, 0.1) is 0 Å². The van der Waals surface area contributed by atoms with E-state index >= 15 is 0 Å². The summed E-state index contributed by atoms with van der Waals surface area (Å²) < 4.78 is 5.70. The molecular formula is C24H19N3O3S. The maximum Gasteiger partial charge on any atom is 0.277 e. The normalized spacial score (nSPS) is 12.7. The molecule has 31 heavy (non-hydrogen) atoms. The first-order chi connectivity index (χ1) is 15.2. The van der Waals surface area contributed by atoms with Crippen LogP contribution < -0.4 is 4.90 Å². The van der Waals surface area contributed by atoms with Gasteiger partial charge in [-0.15, -0.1) is 10.2 Å². The zero-order valence-corrected chi connectivity index (χ0v) is 17.4. The quantitative estimate of drug-likeness (QED) is 0.460. The van der Waals surface area contributed by atoms with E-state index in [9.17, 15) is 9.90 Å². The Balaban J connectivity index is 1.38. The molecule has 1 aliphatic heterocycles. The number of hydrogen-bond acceptors (Lipinski definition) is 6. The van der Waals surface area contributed by atoms with Crippen LogP contribution in [-0.2, 0) is 17.6 Å². The number of thioether (sulfide) groups is 1. The Morgan fingerprint density at radius 1 is 0.903 bits per heavy atom. The fraction of sp³-hybridized carbons (Fsp3) is 0.125. The summed E-state index contributed by atoms with van der Waals surface area (Å²) >= 11 is 1.22. The van der Waals surface area contributed by atoms with Gasteiger partial charge in [0.05, 0.1) is 17.1 Å². The van der Waals surface area contributed by atoms with Crippen LogP contribution in [0.25, 0.3) is 11.5 Å². The van der Waals surface area contributed by atoms with E-state index in [0.717, 1.165) is 35.3 Å². The third-order valence-corrected chi connectivity index (χ3v) is 6.02. The second kappa shape index (κ2) is 8.28. The second-order valence-electron chi connectivity index (χ2n) is 7.20. The highest BCUT2D eigenvalue weighted by molar-refractivity contribution is 7.99. The molecule has 0 saturated carbocycles. The standard InChI is InChI=1S/C24H19N3O3S/c28-19-13-11-18(12-14-19)23-25-26-24(30-23)31-15-22(29)27-20-7-3-1-5-16(20)9-10-17-6-2-4-8-21(17)27/h1-8,11-14,28H,9-10,15H2. The Kier molecular flexibility index (Phi) is 5.18. The monoisotopic (exact) mass is 429 g/mol. The highest BCUT2D eigenvalue weighted by Gasteiger charge is 2.26. The zero-order chi connectivity index (χ0) is 21.2. The lowest BCUT2D eigenvalue weighted by atomic mass is 10.0. The number of carbonyl (C=O) groups excluding carboxylic acids is 1. The summed E-state index contributed by atoms with van der Waals surface area (Å²) in [7, 11) is 0. The second-order valence-corrected chi connectivity index (χ2v) is 8.12. The van der Waals surface area contributed by atoms with Gasteiger partial charge in [0.25, 0.3) is 5.22 Å². The highest BCUT2D eigenvalue weighted by atomic mass is 32.2. The molecule has 3 aromatic carbocycles. The van der Waals surface area contributed by atoms with Gasteiger partial charge < -0.3 is 9.52 Å². The minimum atomic E-state index is -0.0452. The van der Waals surface area contributed by atoms with E-state index in [4.69, 9.17) is 4.42 Å². The predicted molar refractivity (Wildman–Crippen MR) is 120 cm³/mol. The van der Waals surface area contributed by atoms with Crippen molar-refractivity contribution in [1.82, 2.24) is 10.2 Å². The number of para-hydroxylation sites is 2. The Morgan fingerprint density at radius 3 is 2.16 bits per heavy atom. The van der Waals surface area contributed by atoms with Crippen LogP contribution in [0.5, 0.6) is 5.75 Å². The number of benzene rings is 3. The number of carbonyl (C=O) groups is 1. The Bertz CT molecular complexity index is 1190. The van der Waals surface area contributed by atoms with E-state index in [1.807, 2.05) is 41.3 Å². The van der Waals surface area contributed by atoms with Gasteiger partial charge in [0, 0.05) is 5.56 Å². The lowest BCUT2D eigenvalue weighted by Gasteiger charge is -2.24. The van der Waals surface area contributed by atoms with Gasteiger partial charge in [-0.25, -0.2) is 0 Å². The number of phenolic OH excluding ortho intramolecular Hbond substituents is 1. The minimum Gasteiger partial charge on any atom is -0.508 e. The largest absolute Gasteiger partial charge is 0.508 e. The molecule has 7 heteroatoms. The van der Waals surface area contributed by atoms with Gasteiger partial charge in [-0.2, -0.15) is 0 Å². The lowest BCUT2D eigenvalue weighted by Crippen LogP contribution is -2.28. The van der Waals surface area contributed by atoms with Crippen LogP contribution in [-0.4, -0.2) is 27.0 Å². The maximum absolute atomic E-state index is 13.4. The van der Waals surface area contributed by atoms with Gasteiger partial charge >= 0.3 is 0 Å². The van der Waals surface area contributed by atoms with Crippen molar-refractivity contribution in [2.75, 3.05) is 10.7 Å². The molecule has 1 aromatic heterocycles. The third kappa shape index (κ3) is 3.92. The summed E-state index contributed by atoms with van der Waals surface area (Å²) in [5, 5.41) is 17.9. The molecule has 2 heterocycles. The number of aryl methyl sites for hydroxylation is 2. The Hall–Kier alpha value is -3.58. The van der Waals surface area contributed by atoms with Gasteiger partial charge in [-0.1, -0.05) is 48.2 Å². The number of amides is 1. The number of nitrogens with zero attached hydrogens (tertiary/aromatic N) is 3. The summed E-state index contributed by atoms with van der Waals surface area (Å²) in [5.41, 5.74) is 4.87. The molecule has 1 amide bonds. The van der Waals surface area contributed by atoms with Gasteiger partial charge in [0.2, 0.25) is 11.8 Å². The molecule has 1 N–H and O–H groups in total. The molecule has 0 unspecified atom stereocenters. The van der Waals surface area contributed by atoms with Crippen LogP contribution in [0.4, 0.5) is 11.4 Å². The smallest absolute Gasteiger partial charge is 0.277 e. The number of phenols is 1. The van der Waals surface area contributed by atoms with Crippen molar-refractivity contribution in [1.29, 1.82) is 0 Å². The van der Waals surface area contributed by atoms with Crippen molar-refractivity contribution in [3.05, 3.63) is 83.9 Å². The first-order valence-corrected chi connectivity index (χ1v) is 10.9. The molecule has 5 rings (SSSR count). The summed E-state index contributed by atoms with van der Waals surface area (Å²) in [4.78, 5) is 15.2. The van der Waals surface area contributed by atoms with Crippen molar-refractivity contribution < 1.29 is 14.3 Å². The molecular weight excluding hydrogens is 410 g/mol. The Labute approximate surface area is 183 Å². The average molecular weight is 430 g/mol. The zero-order valence-electron chi connectivity index (χ0n) is 16.6. The van der Waals surface area contributed by atoms with Gasteiger partial charge in [0.1, 0.15) is 5.75 Å². The van der Waals surface area contributed by atoms with Crippen LogP contribution in [0.3, 0.4) is 0 Å². The van der Waals surface area contributed by atoms with Crippen molar-refractivity contribution in [2.45, 2.75) is 18.1 Å². The molecule has 4 aromatic rings. The number of fused-ring (bicyclic) bond motifs is 2. The number of anilines is 2. The van der Waals surface area contributed by atoms with Crippen molar-refractivity contribution >= 4 is 29.0 Å². The molecule has 0 saturated heterocycles. The van der Waals surface area contributed by atoms with Crippen LogP contribution >= 0.6 is 11.8 Å². The van der Waals surface area contributed by atoms with Crippen LogP contribution in [0.15, 0.2) is 82.4 Å². The van der Waals surface area contributed by atoms with E-state index in [2.05, 4.69) is 22.3 Å². The molecule has 0 bridgehead atoms. The van der Waals surface area contributed by atoms with Gasteiger partial charge in [-0.3, -0.25) is 9.69 Å². The molecule has 0 aliphatic carbocycles. The molecule has 1 aliphatic rings. The number of aromatic nitrogens is 2. The SMILES string of the molecule is O=C(CSc1nnc(-c2ccc(O)cc2)o1)N1c2ccccc2CCc2ccccc21. The molecule has 6 nitrogen and oxygen atoms in total. The van der Waals surface area contributed by atoms with Crippen molar-refractivity contribution in [3.8, 4) is 17.2 Å². The topological polar surface area (TPSA) is 79.5 Å². The fourth-order valence-corrected chi connectivity index (χ4v) is 4.34. The minimum absolute atomic E-state index is 0.0452. The Morgan fingerprint density at radius 2 is 1.52 bits per heavy atom. The predicted octanol–water partition coefficient (Wildman–Crippen LogP) is 5.00. The first-order valence-electron chi connectivity index (χ1n) is 9.93. The molecule has 0 fully saturated rings. The fourth-order valence-electron chi connectivity index (χ4n) is 3.73. The van der Waals surface area contributed by atoms with E-state index in [0.29, 0.717) is 16.7 Å². The third-order valence-electron chi connectivity index (χ3n) is 5.22. The summed E-state index contributed by atoms with van der Waals surface area (Å²) in [6.45, 7) is 0. The van der Waals surface area contributed by atoms with Crippen LogP contribution in [0.2, 0.25) is 0 Å². The van der Waals surface area contributed by atoms with Crippen molar-refractivity contribution in [2.24, 2.45) is 0 Å². The molecule has 154 valence electrons. The van der Waals surface area contributed by atoms with E-state index in [1.165, 1.54) is 11.8 Å². The molecule has 0 atom stereocenters. The summed E-state index contributed by atoms with van der Waals surface area (Å²) in [6.07, 6.45) is 1.79. The molecule has 0 spiro atoms. The first kappa shape index (κ1) is 19.4. The van der Waals surface area contributed by atoms with Gasteiger partial charge in [0.15, 0.2) is 0 Å². The molecule has 0 radical (unpaired) electrons. The summed E-state index contributed by atoms with van der Waals surface area (Å²) in [5.74, 6) is 0.637. The average Bonchev–Trinajstić information content (AvgIpc) is 3.20. The number of aromatic hydroxyl groups is 1. The van der Waals surface area contributed by atoms with E-state index < -0.39 is 0 Å². The van der Waals surface area contributed by atoms with Crippen molar-refractivity contribution in [3.63, 3.8) is 0 Å². The highest BCUT2D eigenvalue weighted by Crippen LogP contribution is 2.36. The van der Waals surface area contributed by atoms with Crippen LogP contribution in [0.1, 0.15) is 11.1 Å². The number of hydrogen-bond donors (Lipinski definition) is 1.